The topological polar surface area (TPSA) is 55.6 Å². The molecule has 1 saturated carbocycles. The average molecular weight is 228 g/mol. The Hall–Kier alpha value is -0.610. The van der Waals surface area contributed by atoms with E-state index in [-0.39, 0.29) is 12.0 Å². The molecule has 1 aliphatic carbocycles. The Kier molecular flexibility index (Phi) is 5.22. The lowest BCUT2D eigenvalue weighted by atomic mass is 10.1. The minimum Gasteiger partial charge on any atom is -0.466 e. The van der Waals surface area contributed by atoms with Gasteiger partial charge in [0.05, 0.1) is 13.0 Å². The number of nitrogens with zero attached hydrogens (tertiary/aromatic N) is 1. The van der Waals surface area contributed by atoms with E-state index in [4.69, 9.17) is 10.5 Å². The summed E-state index contributed by atoms with van der Waals surface area (Å²) < 4.78 is 4.96. The van der Waals surface area contributed by atoms with Gasteiger partial charge in [0.25, 0.3) is 0 Å². The van der Waals surface area contributed by atoms with Crippen LogP contribution in [0.5, 0.6) is 0 Å². The third kappa shape index (κ3) is 3.76. The molecule has 0 aliphatic heterocycles. The van der Waals surface area contributed by atoms with Crippen LogP contribution >= 0.6 is 0 Å². The number of rotatable bonds is 7. The van der Waals surface area contributed by atoms with Crippen LogP contribution in [-0.4, -0.2) is 43.2 Å². The Morgan fingerprint density at radius 1 is 1.56 bits per heavy atom. The molecule has 0 bridgehead atoms. The van der Waals surface area contributed by atoms with Crippen LogP contribution in [0.15, 0.2) is 0 Å². The average Bonchev–Trinajstić information content (AvgIpc) is 3.03. The molecule has 94 valence electrons. The Morgan fingerprint density at radius 3 is 2.62 bits per heavy atom. The molecule has 0 radical (unpaired) electrons. The lowest BCUT2D eigenvalue weighted by Crippen LogP contribution is -2.45. The van der Waals surface area contributed by atoms with Crippen LogP contribution in [0.25, 0.3) is 0 Å². The van der Waals surface area contributed by atoms with Crippen LogP contribution < -0.4 is 5.73 Å². The first-order valence-corrected chi connectivity index (χ1v) is 6.17. The third-order valence-electron chi connectivity index (χ3n) is 3.39. The molecule has 0 aromatic carbocycles. The van der Waals surface area contributed by atoms with Crippen molar-refractivity contribution in [3.8, 4) is 0 Å². The van der Waals surface area contributed by atoms with Crippen LogP contribution in [0.2, 0.25) is 0 Å². The highest BCUT2D eigenvalue weighted by Gasteiger charge is 2.34. The minimum absolute atomic E-state index is 0.117. The molecule has 2 N–H and O–H groups in total. The van der Waals surface area contributed by atoms with Gasteiger partial charge in [-0.15, -0.1) is 0 Å². The van der Waals surface area contributed by atoms with Crippen LogP contribution in [0.4, 0.5) is 0 Å². The highest BCUT2D eigenvalue weighted by molar-refractivity contribution is 5.70. The fourth-order valence-electron chi connectivity index (χ4n) is 2.10. The van der Waals surface area contributed by atoms with Crippen molar-refractivity contribution in [3.63, 3.8) is 0 Å². The number of likely N-dealkylation sites (N-methyl/N-ethyl adjacent to an activating group) is 1. The summed E-state index contributed by atoms with van der Waals surface area (Å²) >= 11 is 0. The number of nitrogens with two attached hydrogens (primary N) is 1. The first-order valence-electron chi connectivity index (χ1n) is 6.17. The zero-order valence-corrected chi connectivity index (χ0v) is 10.6. The minimum atomic E-state index is -0.117. The van der Waals surface area contributed by atoms with E-state index >= 15 is 0 Å². The Morgan fingerprint density at radius 2 is 2.19 bits per heavy atom. The summed E-state index contributed by atoms with van der Waals surface area (Å²) in [5, 5.41) is 0. The van der Waals surface area contributed by atoms with Crippen molar-refractivity contribution in [2.75, 3.05) is 20.2 Å². The van der Waals surface area contributed by atoms with Crippen molar-refractivity contribution in [3.05, 3.63) is 0 Å². The summed E-state index contributed by atoms with van der Waals surface area (Å²) in [5.74, 6) is 0.619. The molecule has 2 unspecified atom stereocenters. The maximum absolute atomic E-state index is 11.4. The molecule has 2 atom stereocenters. The largest absolute Gasteiger partial charge is 0.466 e. The van der Waals surface area contributed by atoms with E-state index in [1.54, 1.807) is 0 Å². The fraction of sp³-hybridized carbons (Fsp3) is 0.917. The molecule has 0 aromatic heterocycles. The summed E-state index contributed by atoms with van der Waals surface area (Å²) in [6.45, 7) is 5.02. The van der Waals surface area contributed by atoms with Crippen LogP contribution in [0, 0.1) is 5.92 Å². The molecule has 4 heteroatoms. The van der Waals surface area contributed by atoms with E-state index in [1.165, 1.54) is 12.8 Å². The van der Waals surface area contributed by atoms with E-state index in [0.717, 1.165) is 5.92 Å². The van der Waals surface area contributed by atoms with Crippen molar-refractivity contribution in [1.82, 2.24) is 4.90 Å². The molecule has 16 heavy (non-hydrogen) atoms. The van der Waals surface area contributed by atoms with E-state index in [2.05, 4.69) is 18.9 Å². The quantitative estimate of drug-likeness (QED) is 0.660. The standard InChI is InChI=1S/C12H24N2O2/c1-4-16-12(15)7-9(2)14(3)11(8-13)10-5-6-10/h9-11H,4-8,13H2,1-3H3. The Labute approximate surface area is 98.1 Å². The molecule has 4 nitrogen and oxygen atoms in total. The van der Waals surface area contributed by atoms with Gasteiger partial charge in [0, 0.05) is 18.6 Å². The molecule has 0 aromatic rings. The molecule has 0 spiro atoms. The van der Waals surface area contributed by atoms with Crippen LogP contribution in [0.1, 0.15) is 33.1 Å². The van der Waals surface area contributed by atoms with Gasteiger partial charge in [-0.3, -0.25) is 9.69 Å². The van der Waals surface area contributed by atoms with Gasteiger partial charge in [0.2, 0.25) is 0 Å². The summed E-state index contributed by atoms with van der Waals surface area (Å²) in [4.78, 5) is 13.6. The van der Waals surface area contributed by atoms with Gasteiger partial charge in [0.1, 0.15) is 0 Å². The maximum Gasteiger partial charge on any atom is 0.307 e. The molecular formula is C12H24N2O2. The van der Waals surface area contributed by atoms with Gasteiger partial charge >= 0.3 is 5.97 Å². The summed E-state index contributed by atoms with van der Waals surface area (Å²) in [5.41, 5.74) is 5.78. The second kappa shape index (κ2) is 6.21. The van der Waals surface area contributed by atoms with Gasteiger partial charge in [-0.1, -0.05) is 0 Å². The second-order valence-electron chi connectivity index (χ2n) is 4.66. The van der Waals surface area contributed by atoms with Crippen molar-refractivity contribution in [2.24, 2.45) is 11.7 Å². The lowest BCUT2D eigenvalue weighted by Gasteiger charge is -2.32. The zero-order valence-electron chi connectivity index (χ0n) is 10.6. The maximum atomic E-state index is 11.4. The predicted octanol–water partition coefficient (Wildman–Crippen LogP) is 0.997. The van der Waals surface area contributed by atoms with E-state index in [0.29, 0.717) is 25.6 Å². The number of hydrogen-bond acceptors (Lipinski definition) is 4. The second-order valence-corrected chi connectivity index (χ2v) is 4.66. The van der Waals surface area contributed by atoms with Crippen molar-refractivity contribution in [2.45, 2.75) is 45.2 Å². The normalized spacial score (nSPS) is 19.6. The molecular weight excluding hydrogens is 204 g/mol. The first-order chi connectivity index (χ1) is 7.60. The molecule has 1 rings (SSSR count). The monoisotopic (exact) mass is 228 g/mol. The summed E-state index contributed by atoms with van der Waals surface area (Å²) in [6, 6.07) is 0.623. The molecule has 1 aliphatic rings. The van der Waals surface area contributed by atoms with Crippen molar-refractivity contribution >= 4 is 5.97 Å². The van der Waals surface area contributed by atoms with Gasteiger partial charge in [0.15, 0.2) is 0 Å². The van der Waals surface area contributed by atoms with Gasteiger partial charge in [-0.2, -0.15) is 0 Å². The van der Waals surface area contributed by atoms with E-state index in [1.807, 2.05) is 6.92 Å². The molecule has 1 fully saturated rings. The number of carbonyl (C=O) groups excluding carboxylic acids is 1. The van der Waals surface area contributed by atoms with Gasteiger partial charge < -0.3 is 10.5 Å². The van der Waals surface area contributed by atoms with Crippen LogP contribution in [-0.2, 0) is 9.53 Å². The number of esters is 1. The number of carbonyl (C=O) groups is 1. The first kappa shape index (κ1) is 13.5. The smallest absolute Gasteiger partial charge is 0.307 e. The number of hydrogen-bond donors (Lipinski definition) is 1. The SMILES string of the molecule is CCOC(=O)CC(C)N(C)C(CN)C1CC1. The van der Waals surface area contributed by atoms with Crippen molar-refractivity contribution in [1.29, 1.82) is 0 Å². The highest BCUT2D eigenvalue weighted by atomic mass is 16.5. The Balaban J connectivity index is 2.38. The molecule has 0 heterocycles. The fourth-order valence-corrected chi connectivity index (χ4v) is 2.10. The predicted molar refractivity (Wildman–Crippen MR) is 64.0 cm³/mol. The van der Waals surface area contributed by atoms with Crippen molar-refractivity contribution < 1.29 is 9.53 Å². The third-order valence-corrected chi connectivity index (χ3v) is 3.39. The number of ether oxygens (including phenoxy) is 1. The van der Waals surface area contributed by atoms with Gasteiger partial charge in [-0.25, -0.2) is 0 Å². The van der Waals surface area contributed by atoms with E-state index < -0.39 is 0 Å². The molecule has 0 amide bonds. The zero-order chi connectivity index (χ0) is 12.1. The van der Waals surface area contributed by atoms with E-state index in [9.17, 15) is 4.79 Å². The van der Waals surface area contributed by atoms with Gasteiger partial charge in [-0.05, 0) is 39.7 Å². The van der Waals surface area contributed by atoms with Crippen LogP contribution in [0.3, 0.4) is 0 Å². The highest BCUT2D eigenvalue weighted by Crippen LogP contribution is 2.35. The molecule has 0 saturated heterocycles. The Bertz CT molecular complexity index is 229. The lowest BCUT2D eigenvalue weighted by molar-refractivity contribution is -0.144. The summed E-state index contributed by atoms with van der Waals surface area (Å²) in [7, 11) is 2.06. The summed E-state index contributed by atoms with van der Waals surface area (Å²) in [6.07, 6.45) is 3.00.